The second kappa shape index (κ2) is 9.95. The van der Waals surface area contributed by atoms with Gasteiger partial charge in [0.05, 0.1) is 22.9 Å². The summed E-state index contributed by atoms with van der Waals surface area (Å²) in [6.07, 6.45) is -0.292. The molecule has 4 rings (SSSR count). The second-order valence-electron chi connectivity index (χ2n) is 8.15. The summed E-state index contributed by atoms with van der Waals surface area (Å²) in [4.78, 5) is 15.4. The highest BCUT2D eigenvalue weighted by molar-refractivity contribution is 7.09. The van der Waals surface area contributed by atoms with Gasteiger partial charge in [0.15, 0.2) is 0 Å². The van der Waals surface area contributed by atoms with Crippen molar-refractivity contribution in [1.29, 1.82) is 0 Å². The molecule has 0 aliphatic heterocycles. The first-order valence-electron chi connectivity index (χ1n) is 10.9. The van der Waals surface area contributed by atoms with E-state index in [0.29, 0.717) is 43.2 Å². The summed E-state index contributed by atoms with van der Waals surface area (Å²) in [6.45, 7) is 0.440. The van der Waals surface area contributed by atoms with Crippen LogP contribution in [0.4, 0.5) is 13.2 Å². The fraction of sp³-hybridized carbons (Fsp3) is 0.360. The van der Waals surface area contributed by atoms with Crippen LogP contribution in [-0.4, -0.2) is 22.7 Å². The van der Waals surface area contributed by atoms with Gasteiger partial charge in [-0.25, -0.2) is 4.98 Å². The van der Waals surface area contributed by atoms with Crippen LogP contribution < -0.4 is 4.74 Å². The number of carboxylic acid groups (broad SMARTS) is 1. The highest BCUT2D eigenvalue weighted by atomic mass is 32.1. The quantitative estimate of drug-likeness (QED) is 0.330. The zero-order valence-corrected chi connectivity index (χ0v) is 18.7. The van der Waals surface area contributed by atoms with E-state index in [0.717, 1.165) is 29.5 Å². The van der Waals surface area contributed by atoms with Crippen molar-refractivity contribution in [2.75, 3.05) is 6.61 Å². The number of aryl methyl sites for hydroxylation is 2. The topological polar surface area (TPSA) is 59.4 Å². The van der Waals surface area contributed by atoms with E-state index in [4.69, 9.17) is 9.84 Å². The lowest BCUT2D eigenvalue weighted by atomic mass is 9.99. The lowest BCUT2D eigenvalue weighted by Gasteiger charge is -2.12. The first-order chi connectivity index (χ1) is 15.8. The lowest BCUT2D eigenvalue weighted by Crippen LogP contribution is -2.07. The van der Waals surface area contributed by atoms with Crippen molar-refractivity contribution >= 4 is 17.3 Å². The number of hydrogen-bond acceptors (Lipinski definition) is 4. The van der Waals surface area contributed by atoms with Gasteiger partial charge in [0, 0.05) is 23.8 Å². The molecule has 0 atom stereocenters. The summed E-state index contributed by atoms with van der Waals surface area (Å²) < 4.78 is 45.7. The van der Waals surface area contributed by atoms with Gasteiger partial charge in [-0.1, -0.05) is 24.3 Å². The molecule has 0 unspecified atom stereocenters. The third-order valence-corrected chi connectivity index (χ3v) is 6.51. The standard InChI is InChI=1S/C25H24F3NO3S/c26-25(27,28)21-5-2-1-4-20(21)22-15-33-23(29-22)6-3-13-32-18-10-11-19(16-7-8-16)17(14-18)9-12-24(30)31/h1-2,4-5,10-11,14-16H,3,6-9,12-13H2,(H,30,31). The number of carbonyl (C=O) groups is 1. The molecule has 0 bridgehead atoms. The second-order valence-corrected chi connectivity index (χ2v) is 9.09. The van der Waals surface area contributed by atoms with Gasteiger partial charge >= 0.3 is 12.1 Å². The van der Waals surface area contributed by atoms with Gasteiger partial charge in [0.2, 0.25) is 0 Å². The number of aromatic nitrogens is 1. The summed E-state index contributed by atoms with van der Waals surface area (Å²) in [5.41, 5.74) is 2.00. The van der Waals surface area contributed by atoms with Crippen LogP contribution in [0.2, 0.25) is 0 Å². The molecule has 0 spiro atoms. The maximum absolute atomic E-state index is 13.3. The van der Waals surface area contributed by atoms with Crippen molar-refractivity contribution < 1.29 is 27.8 Å². The third kappa shape index (κ3) is 6.13. The van der Waals surface area contributed by atoms with E-state index >= 15 is 0 Å². The third-order valence-electron chi connectivity index (χ3n) is 5.60. The van der Waals surface area contributed by atoms with Crippen molar-refractivity contribution in [1.82, 2.24) is 4.98 Å². The van der Waals surface area contributed by atoms with E-state index in [1.807, 2.05) is 18.2 Å². The van der Waals surface area contributed by atoms with Crippen molar-refractivity contribution in [2.45, 2.75) is 50.6 Å². The number of aliphatic carboxylic acids is 1. The highest BCUT2D eigenvalue weighted by Crippen LogP contribution is 2.43. The molecule has 1 N–H and O–H groups in total. The molecule has 33 heavy (non-hydrogen) atoms. The van der Waals surface area contributed by atoms with Crippen LogP contribution in [0.5, 0.6) is 5.75 Å². The average Bonchev–Trinajstić information content (AvgIpc) is 3.52. The van der Waals surface area contributed by atoms with Crippen molar-refractivity contribution in [3.8, 4) is 17.0 Å². The summed E-state index contributed by atoms with van der Waals surface area (Å²) in [7, 11) is 0. The number of nitrogens with zero attached hydrogens (tertiary/aromatic N) is 1. The molecule has 8 heteroatoms. The van der Waals surface area contributed by atoms with E-state index in [1.165, 1.54) is 29.0 Å². The monoisotopic (exact) mass is 475 g/mol. The fourth-order valence-electron chi connectivity index (χ4n) is 3.84. The number of ether oxygens (including phenoxy) is 1. The summed E-state index contributed by atoms with van der Waals surface area (Å²) in [5.74, 6) is 0.423. The number of carboxylic acids is 1. The molecule has 1 fully saturated rings. The van der Waals surface area contributed by atoms with Gasteiger partial charge < -0.3 is 9.84 Å². The van der Waals surface area contributed by atoms with Gasteiger partial charge in [-0.2, -0.15) is 13.2 Å². The molecular weight excluding hydrogens is 451 g/mol. The highest BCUT2D eigenvalue weighted by Gasteiger charge is 2.33. The van der Waals surface area contributed by atoms with Crippen LogP contribution in [0, 0.1) is 0 Å². The van der Waals surface area contributed by atoms with Crippen molar-refractivity contribution in [3.63, 3.8) is 0 Å². The van der Waals surface area contributed by atoms with Gasteiger partial charge in [-0.3, -0.25) is 4.79 Å². The van der Waals surface area contributed by atoms with Gasteiger partial charge in [0.25, 0.3) is 0 Å². The Balaban J connectivity index is 1.34. The minimum absolute atomic E-state index is 0.0903. The molecule has 0 radical (unpaired) electrons. The Morgan fingerprint density at radius 3 is 2.67 bits per heavy atom. The Hall–Kier alpha value is -2.87. The number of halogens is 3. The van der Waals surface area contributed by atoms with Gasteiger partial charge in [-0.05, 0) is 60.9 Å². The number of hydrogen-bond donors (Lipinski definition) is 1. The maximum atomic E-state index is 13.3. The van der Waals surface area contributed by atoms with Crippen LogP contribution in [0.3, 0.4) is 0 Å². The normalized spacial score (nSPS) is 13.8. The average molecular weight is 476 g/mol. The summed E-state index contributed by atoms with van der Waals surface area (Å²) >= 11 is 1.34. The first kappa shape index (κ1) is 23.3. The van der Waals surface area contributed by atoms with Crippen LogP contribution in [0.15, 0.2) is 47.8 Å². The fourth-order valence-corrected chi connectivity index (χ4v) is 4.68. The van der Waals surface area contributed by atoms with Gasteiger partial charge in [0.1, 0.15) is 5.75 Å². The SMILES string of the molecule is O=C(O)CCc1cc(OCCCc2nc(-c3ccccc3C(F)(F)F)cs2)ccc1C1CC1. The molecule has 3 aromatic rings. The summed E-state index contributed by atoms with van der Waals surface area (Å²) in [6, 6.07) is 11.4. The number of rotatable bonds is 10. The van der Waals surface area contributed by atoms with E-state index < -0.39 is 17.7 Å². The Morgan fingerprint density at radius 1 is 1.15 bits per heavy atom. The molecule has 0 amide bonds. The minimum atomic E-state index is -4.42. The number of thiazole rings is 1. The minimum Gasteiger partial charge on any atom is -0.494 e. The molecule has 1 saturated carbocycles. The van der Waals surface area contributed by atoms with Crippen molar-refractivity contribution in [3.05, 3.63) is 69.5 Å². The van der Waals surface area contributed by atoms with Crippen LogP contribution in [0.25, 0.3) is 11.3 Å². The smallest absolute Gasteiger partial charge is 0.417 e. The lowest BCUT2D eigenvalue weighted by molar-refractivity contribution is -0.137. The maximum Gasteiger partial charge on any atom is 0.417 e. The Bertz CT molecular complexity index is 1120. The molecular formula is C25H24F3NO3S. The molecule has 1 aliphatic carbocycles. The first-order valence-corrected chi connectivity index (χ1v) is 11.8. The van der Waals surface area contributed by atoms with Gasteiger partial charge in [-0.15, -0.1) is 11.3 Å². The molecule has 174 valence electrons. The summed E-state index contributed by atoms with van der Waals surface area (Å²) in [5, 5.41) is 11.4. The number of alkyl halides is 3. The molecule has 1 aliphatic rings. The van der Waals surface area contributed by atoms with E-state index in [2.05, 4.69) is 4.98 Å². The molecule has 4 nitrogen and oxygen atoms in total. The zero-order chi connectivity index (χ0) is 23.4. The Morgan fingerprint density at radius 2 is 1.94 bits per heavy atom. The molecule has 1 heterocycles. The van der Waals surface area contributed by atoms with Crippen LogP contribution in [-0.2, 0) is 23.8 Å². The zero-order valence-electron chi connectivity index (χ0n) is 17.9. The Kier molecular flexibility index (Phi) is 7.02. The molecule has 1 aromatic heterocycles. The molecule has 0 saturated heterocycles. The predicted molar refractivity (Wildman–Crippen MR) is 121 cm³/mol. The molecule has 2 aromatic carbocycles. The van der Waals surface area contributed by atoms with Crippen LogP contribution >= 0.6 is 11.3 Å². The largest absolute Gasteiger partial charge is 0.494 e. The van der Waals surface area contributed by atoms with Crippen LogP contribution in [0.1, 0.15) is 53.3 Å². The van der Waals surface area contributed by atoms with Crippen molar-refractivity contribution in [2.24, 2.45) is 0 Å². The van der Waals surface area contributed by atoms with E-state index in [9.17, 15) is 18.0 Å². The Labute approximate surface area is 194 Å². The van der Waals surface area contributed by atoms with E-state index in [-0.39, 0.29) is 12.0 Å². The van der Waals surface area contributed by atoms with E-state index in [1.54, 1.807) is 11.4 Å². The predicted octanol–water partition coefficient (Wildman–Crippen LogP) is 6.74. The number of benzene rings is 2.